The molecule has 0 rings (SSSR count). The van der Waals surface area contributed by atoms with E-state index in [9.17, 15) is 9.59 Å². The van der Waals surface area contributed by atoms with Crippen molar-refractivity contribution in [3.63, 3.8) is 0 Å². The van der Waals surface area contributed by atoms with Crippen molar-refractivity contribution in [2.75, 3.05) is 25.2 Å². The number of carboxylic acid groups (broad SMARTS) is 1. The molecule has 0 aliphatic heterocycles. The molecule has 0 heterocycles. The summed E-state index contributed by atoms with van der Waals surface area (Å²) in [7, 11) is 0. The van der Waals surface area contributed by atoms with Gasteiger partial charge in [-0.1, -0.05) is 0 Å². The lowest BCUT2D eigenvalue weighted by atomic mass is 10.2. The van der Waals surface area contributed by atoms with Gasteiger partial charge in [-0.25, -0.2) is 4.79 Å². The molecule has 5 nitrogen and oxygen atoms in total. The first-order valence-electron chi connectivity index (χ1n) is 4.70. The Morgan fingerprint density at radius 1 is 1.53 bits per heavy atom. The van der Waals surface area contributed by atoms with Crippen molar-refractivity contribution < 1.29 is 19.4 Å². The molecule has 0 saturated carbocycles. The highest BCUT2D eigenvalue weighted by Crippen LogP contribution is 2.00. The third-order valence-electron chi connectivity index (χ3n) is 1.68. The van der Waals surface area contributed by atoms with Crippen LogP contribution in [0.4, 0.5) is 0 Å². The first-order valence-corrected chi connectivity index (χ1v) is 6.10. The van der Waals surface area contributed by atoms with Crippen molar-refractivity contribution in [1.82, 2.24) is 5.32 Å². The Labute approximate surface area is 93.6 Å². The SMILES string of the molecule is CCOCC(=O)N[C@@H](CCSC)C(=O)O. The summed E-state index contributed by atoms with van der Waals surface area (Å²) in [6.45, 7) is 2.13. The molecule has 0 bridgehead atoms. The molecule has 0 aromatic carbocycles. The van der Waals surface area contributed by atoms with E-state index in [-0.39, 0.29) is 12.5 Å². The Balaban J connectivity index is 3.93. The molecular weight excluding hydrogens is 218 g/mol. The van der Waals surface area contributed by atoms with Crippen LogP contribution in [0.15, 0.2) is 0 Å². The first kappa shape index (κ1) is 14.2. The third-order valence-corrected chi connectivity index (χ3v) is 2.33. The van der Waals surface area contributed by atoms with Gasteiger partial charge in [-0.3, -0.25) is 4.79 Å². The predicted octanol–water partition coefficient (Wildman–Crippen LogP) is 0.345. The fraction of sp³-hybridized carbons (Fsp3) is 0.778. The number of amides is 1. The highest BCUT2D eigenvalue weighted by atomic mass is 32.2. The topological polar surface area (TPSA) is 75.6 Å². The van der Waals surface area contributed by atoms with Crippen LogP contribution in [-0.4, -0.2) is 48.2 Å². The number of rotatable bonds is 8. The zero-order valence-electron chi connectivity index (χ0n) is 8.99. The molecule has 0 aromatic heterocycles. The molecule has 0 radical (unpaired) electrons. The maximum absolute atomic E-state index is 11.2. The normalized spacial score (nSPS) is 12.1. The van der Waals surface area contributed by atoms with Crippen molar-refractivity contribution in [3.05, 3.63) is 0 Å². The molecule has 2 N–H and O–H groups in total. The Morgan fingerprint density at radius 2 is 2.20 bits per heavy atom. The van der Waals surface area contributed by atoms with Crippen LogP contribution in [0, 0.1) is 0 Å². The zero-order valence-corrected chi connectivity index (χ0v) is 9.80. The van der Waals surface area contributed by atoms with E-state index >= 15 is 0 Å². The maximum Gasteiger partial charge on any atom is 0.326 e. The monoisotopic (exact) mass is 235 g/mol. The molecule has 0 saturated heterocycles. The van der Waals surface area contributed by atoms with E-state index in [1.807, 2.05) is 6.26 Å². The van der Waals surface area contributed by atoms with Crippen LogP contribution in [0.3, 0.4) is 0 Å². The summed E-state index contributed by atoms with van der Waals surface area (Å²) in [6.07, 6.45) is 2.31. The molecule has 0 aliphatic carbocycles. The number of carbonyl (C=O) groups is 2. The summed E-state index contributed by atoms with van der Waals surface area (Å²) < 4.78 is 4.87. The third kappa shape index (κ3) is 7.21. The van der Waals surface area contributed by atoms with Gasteiger partial charge in [0.15, 0.2) is 0 Å². The molecule has 0 aromatic rings. The largest absolute Gasteiger partial charge is 0.480 e. The molecule has 6 heteroatoms. The van der Waals surface area contributed by atoms with Crippen LogP contribution in [0.5, 0.6) is 0 Å². The van der Waals surface area contributed by atoms with Gasteiger partial charge in [-0.15, -0.1) is 0 Å². The maximum atomic E-state index is 11.2. The van der Waals surface area contributed by atoms with Crippen molar-refractivity contribution in [1.29, 1.82) is 0 Å². The van der Waals surface area contributed by atoms with Gasteiger partial charge in [-0.2, -0.15) is 11.8 Å². The summed E-state index contributed by atoms with van der Waals surface area (Å²) in [6, 6.07) is -0.814. The second-order valence-electron chi connectivity index (χ2n) is 2.88. The Bertz CT molecular complexity index is 210. The van der Waals surface area contributed by atoms with Gasteiger partial charge in [0.2, 0.25) is 5.91 Å². The summed E-state index contributed by atoms with van der Waals surface area (Å²) in [5, 5.41) is 11.2. The molecule has 0 fully saturated rings. The smallest absolute Gasteiger partial charge is 0.326 e. The number of aliphatic carboxylic acids is 1. The van der Waals surface area contributed by atoms with Crippen LogP contribution in [0.25, 0.3) is 0 Å². The first-order chi connectivity index (χ1) is 7.11. The van der Waals surface area contributed by atoms with Crippen molar-refractivity contribution in [2.45, 2.75) is 19.4 Å². The van der Waals surface area contributed by atoms with Crippen molar-refractivity contribution in [3.8, 4) is 0 Å². The van der Waals surface area contributed by atoms with Gasteiger partial charge >= 0.3 is 5.97 Å². The second kappa shape index (κ2) is 8.55. The van der Waals surface area contributed by atoms with Crippen LogP contribution >= 0.6 is 11.8 Å². The number of carbonyl (C=O) groups excluding carboxylic acids is 1. The second-order valence-corrected chi connectivity index (χ2v) is 3.86. The standard InChI is InChI=1S/C9H17NO4S/c1-3-14-6-8(11)10-7(9(12)13)4-5-15-2/h7H,3-6H2,1-2H3,(H,10,11)(H,12,13)/t7-/m0/s1. The van der Waals surface area contributed by atoms with E-state index < -0.39 is 12.0 Å². The lowest BCUT2D eigenvalue weighted by molar-refractivity contribution is -0.142. The fourth-order valence-corrected chi connectivity index (χ4v) is 1.40. The van der Waals surface area contributed by atoms with Gasteiger partial charge < -0.3 is 15.2 Å². The lowest BCUT2D eigenvalue weighted by Crippen LogP contribution is -2.42. The summed E-state index contributed by atoms with van der Waals surface area (Å²) >= 11 is 1.55. The van der Waals surface area contributed by atoms with Gasteiger partial charge in [0, 0.05) is 6.61 Å². The number of hydrogen-bond acceptors (Lipinski definition) is 4. The zero-order chi connectivity index (χ0) is 11.7. The molecular formula is C9H17NO4S. The van der Waals surface area contributed by atoms with E-state index in [1.54, 1.807) is 18.7 Å². The molecule has 15 heavy (non-hydrogen) atoms. The van der Waals surface area contributed by atoms with E-state index in [4.69, 9.17) is 9.84 Å². The number of hydrogen-bond donors (Lipinski definition) is 2. The minimum absolute atomic E-state index is 0.0838. The molecule has 1 atom stereocenters. The summed E-state index contributed by atoms with van der Waals surface area (Å²) in [4.78, 5) is 21.9. The quantitative estimate of drug-likeness (QED) is 0.634. The van der Waals surface area contributed by atoms with E-state index in [1.165, 1.54) is 0 Å². The van der Waals surface area contributed by atoms with Gasteiger partial charge in [0.25, 0.3) is 0 Å². The average Bonchev–Trinajstić information content (AvgIpc) is 2.20. The van der Waals surface area contributed by atoms with Crippen LogP contribution < -0.4 is 5.32 Å². The van der Waals surface area contributed by atoms with Gasteiger partial charge in [-0.05, 0) is 25.4 Å². The molecule has 1 amide bonds. The number of nitrogens with one attached hydrogen (secondary N) is 1. The van der Waals surface area contributed by atoms with Crippen LogP contribution in [0.2, 0.25) is 0 Å². The minimum atomic E-state index is -1.01. The Kier molecular flexibility index (Phi) is 8.12. The Morgan fingerprint density at radius 3 is 2.67 bits per heavy atom. The fourth-order valence-electron chi connectivity index (χ4n) is 0.924. The van der Waals surface area contributed by atoms with Gasteiger partial charge in [0.05, 0.1) is 0 Å². The summed E-state index contributed by atoms with van der Waals surface area (Å²) in [5.41, 5.74) is 0. The van der Waals surface area contributed by atoms with E-state index in [0.717, 1.165) is 0 Å². The van der Waals surface area contributed by atoms with E-state index in [2.05, 4.69) is 5.32 Å². The van der Waals surface area contributed by atoms with E-state index in [0.29, 0.717) is 18.8 Å². The molecule has 0 unspecified atom stereocenters. The summed E-state index contributed by atoms with van der Waals surface area (Å²) in [5.74, 6) is -0.689. The molecule has 0 aliphatic rings. The number of ether oxygens (including phenoxy) is 1. The molecule has 0 spiro atoms. The number of carboxylic acids is 1. The highest BCUT2D eigenvalue weighted by Gasteiger charge is 2.18. The van der Waals surface area contributed by atoms with Crippen molar-refractivity contribution >= 4 is 23.6 Å². The Hall–Kier alpha value is -0.750. The minimum Gasteiger partial charge on any atom is -0.480 e. The van der Waals surface area contributed by atoms with Crippen LogP contribution in [-0.2, 0) is 14.3 Å². The highest BCUT2D eigenvalue weighted by molar-refractivity contribution is 7.98. The lowest BCUT2D eigenvalue weighted by Gasteiger charge is -2.13. The molecule has 88 valence electrons. The average molecular weight is 235 g/mol. The van der Waals surface area contributed by atoms with Gasteiger partial charge in [0.1, 0.15) is 12.6 Å². The van der Waals surface area contributed by atoms with Crippen molar-refractivity contribution in [2.24, 2.45) is 0 Å². The van der Waals surface area contributed by atoms with Crippen LogP contribution in [0.1, 0.15) is 13.3 Å². The number of thioether (sulfide) groups is 1. The predicted molar refractivity (Wildman–Crippen MR) is 59.1 cm³/mol.